The van der Waals surface area contributed by atoms with Crippen LogP contribution in [0.4, 0.5) is 0 Å². The molecule has 0 aromatic carbocycles. The van der Waals surface area contributed by atoms with Crippen LogP contribution in [0.5, 0.6) is 0 Å². The molecule has 0 aromatic rings. The summed E-state index contributed by atoms with van der Waals surface area (Å²) in [5.41, 5.74) is 2.69. The molecule has 1 fully saturated rings. The number of hydrogen-bond donors (Lipinski definition) is 1. The summed E-state index contributed by atoms with van der Waals surface area (Å²) >= 11 is 0. The lowest BCUT2D eigenvalue weighted by Gasteiger charge is -2.39. The number of allylic oxidation sites excluding steroid dienone is 3. The Balaban J connectivity index is 2.05. The van der Waals surface area contributed by atoms with Gasteiger partial charge in [-0.05, 0) is 89.4 Å². The first kappa shape index (κ1) is 16.8. The molecule has 1 heteroatoms. The van der Waals surface area contributed by atoms with Crippen LogP contribution in [0.3, 0.4) is 0 Å². The fourth-order valence-corrected chi connectivity index (χ4v) is 4.73. The van der Waals surface area contributed by atoms with Crippen molar-refractivity contribution in [1.82, 2.24) is 0 Å². The zero-order valence-electron chi connectivity index (χ0n) is 14.5. The molecule has 4 atom stereocenters. The zero-order chi connectivity index (χ0) is 15.7. The summed E-state index contributed by atoms with van der Waals surface area (Å²) in [5.74, 6) is 1.16. The van der Waals surface area contributed by atoms with Crippen LogP contribution >= 0.6 is 0 Å². The summed E-state index contributed by atoms with van der Waals surface area (Å²) in [6.07, 6.45) is 11.7. The molecule has 120 valence electrons. The van der Waals surface area contributed by atoms with Crippen molar-refractivity contribution in [1.29, 1.82) is 0 Å². The zero-order valence-corrected chi connectivity index (χ0v) is 14.5. The van der Waals surface area contributed by atoms with Crippen LogP contribution in [0.15, 0.2) is 23.8 Å². The smallest absolute Gasteiger partial charge is 0.0650 e. The van der Waals surface area contributed by atoms with Crippen molar-refractivity contribution in [3.8, 4) is 0 Å². The Bertz CT molecular complexity index is 418. The van der Waals surface area contributed by atoms with Gasteiger partial charge in [0.1, 0.15) is 0 Å². The van der Waals surface area contributed by atoms with Gasteiger partial charge < -0.3 is 5.11 Å². The van der Waals surface area contributed by atoms with Crippen molar-refractivity contribution >= 4 is 0 Å². The van der Waals surface area contributed by atoms with E-state index in [1.165, 1.54) is 37.7 Å². The van der Waals surface area contributed by atoms with E-state index in [4.69, 9.17) is 0 Å². The van der Waals surface area contributed by atoms with Gasteiger partial charge in [-0.2, -0.15) is 0 Å². The monoisotopic (exact) mass is 290 g/mol. The molecule has 0 heterocycles. The van der Waals surface area contributed by atoms with E-state index in [9.17, 15) is 5.11 Å². The summed E-state index contributed by atoms with van der Waals surface area (Å²) in [4.78, 5) is 0. The molecule has 0 aromatic heterocycles. The van der Waals surface area contributed by atoms with Gasteiger partial charge in [-0.1, -0.05) is 24.1 Å². The summed E-state index contributed by atoms with van der Waals surface area (Å²) < 4.78 is 0. The highest BCUT2D eigenvalue weighted by atomic mass is 16.3. The Kier molecular flexibility index (Phi) is 5.03. The predicted octanol–water partition coefficient (Wildman–Crippen LogP) is 5.65. The molecule has 0 amide bonds. The number of hydrogen-bond acceptors (Lipinski definition) is 1. The summed E-state index contributed by atoms with van der Waals surface area (Å²) in [5, 5.41) is 11.1. The molecule has 0 bridgehead atoms. The molecular weight excluding hydrogens is 256 g/mol. The van der Waals surface area contributed by atoms with Gasteiger partial charge in [0, 0.05) is 0 Å². The van der Waals surface area contributed by atoms with Crippen molar-refractivity contribution in [3.63, 3.8) is 0 Å². The van der Waals surface area contributed by atoms with Crippen LogP contribution in [-0.2, 0) is 0 Å². The average Bonchev–Trinajstić information content (AvgIpc) is 2.64. The lowest BCUT2D eigenvalue weighted by molar-refractivity contribution is -0.0387. The first-order valence-corrected chi connectivity index (χ1v) is 8.77. The Morgan fingerprint density at radius 3 is 2.86 bits per heavy atom. The van der Waals surface area contributed by atoms with Crippen LogP contribution < -0.4 is 0 Å². The van der Waals surface area contributed by atoms with Gasteiger partial charge in [0.05, 0.1) is 5.60 Å². The van der Waals surface area contributed by atoms with Crippen LogP contribution in [0.25, 0.3) is 0 Å². The minimum absolute atomic E-state index is 0.417. The maximum Gasteiger partial charge on any atom is 0.0650 e. The third-order valence-electron chi connectivity index (χ3n) is 6.26. The standard InChI is InChI=1S/C20H34O/c1-15(2)7-6-12-20(5,21)18-11-14-19(4)13-10-16(3)8-9-17(18)19/h10,17-18,21H,1,6-9,11-14H2,2-5H3/t17-,18+,19-,20-/m0/s1. The van der Waals surface area contributed by atoms with E-state index in [0.29, 0.717) is 17.3 Å². The second-order valence-electron chi connectivity index (χ2n) is 8.37. The molecule has 2 aliphatic carbocycles. The molecule has 0 saturated heterocycles. The molecule has 1 N–H and O–H groups in total. The summed E-state index contributed by atoms with van der Waals surface area (Å²) in [7, 11) is 0. The molecule has 2 aliphatic rings. The fourth-order valence-electron chi connectivity index (χ4n) is 4.73. The van der Waals surface area contributed by atoms with Gasteiger partial charge in [-0.15, -0.1) is 6.58 Å². The van der Waals surface area contributed by atoms with Gasteiger partial charge in [-0.25, -0.2) is 0 Å². The van der Waals surface area contributed by atoms with E-state index >= 15 is 0 Å². The third-order valence-corrected chi connectivity index (χ3v) is 6.26. The van der Waals surface area contributed by atoms with Gasteiger partial charge in [0.25, 0.3) is 0 Å². The van der Waals surface area contributed by atoms with Crippen LogP contribution in [0, 0.1) is 17.3 Å². The lowest BCUT2D eigenvalue weighted by atomic mass is 9.69. The Hall–Kier alpha value is -0.560. The van der Waals surface area contributed by atoms with E-state index in [0.717, 1.165) is 19.3 Å². The highest BCUT2D eigenvalue weighted by Crippen LogP contribution is 2.56. The first-order valence-electron chi connectivity index (χ1n) is 8.77. The lowest BCUT2D eigenvalue weighted by Crippen LogP contribution is -2.39. The maximum absolute atomic E-state index is 11.1. The second kappa shape index (κ2) is 6.28. The largest absolute Gasteiger partial charge is 0.390 e. The topological polar surface area (TPSA) is 20.2 Å². The predicted molar refractivity (Wildman–Crippen MR) is 91.2 cm³/mol. The van der Waals surface area contributed by atoms with Gasteiger partial charge in [0.2, 0.25) is 0 Å². The normalized spacial score (nSPS) is 35.6. The molecule has 1 nitrogen and oxygen atoms in total. The van der Waals surface area contributed by atoms with Crippen LogP contribution in [-0.4, -0.2) is 10.7 Å². The Morgan fingerprint density at radius 2 is 2.19 bits per heavy atom. The van der Waals surface area contributed by atoms with Gasteiger partial charge in [-0.3, -0.25) is 0 Å². The number of fused-ring (bicyclic) bond motifs is 1. The highest BCUT2D eigenvalue weighted by molar-refractivity contribution is 5.10. The van der Waals surface area contributed by atoms with Crippen LogP contribution in [0.2, 0.25) is 0 Å². The quantitative estimate of drug-likeness (QED) is 0.649. The SMILES string of the molecule is C=C(C)CCC[C@](C)(O)[C@@H]1CC[C@]2(C)CC=C(C)CC[C@@H]12. The molecule has 1 saturated carbocycles. The average molecular weight is 290 g/mol. The fraction of sp³-hybridized carbons (Fsp3) is 0.800. The van der Waals surface area contributed by atoms with E-state index in [1.807, 2.05) is 0 Å². The number of aliphatic hydroxyl groups is 1. The van der Waals surface area contributed by atoms with E-state index < -0.39 is 5.60 Å². The first-order chi connectivity index (χ1) is 9.74. The maximum atomic E-state index is 11.1. The van der Waals surface area contributed by atoms with E-state index in [1.54, 1.807) is 5.57 Å². The van der Waals surface area contributed by atoms with E-state index in [2.05, 4.69) is 40.3 Å². The van der Waals surface area contributed by atoms with Crippen molar-refractivity contribution in [2.24, 2.45) is 17.3 Å². The highest BCUT2D eigenvalue weighted by Gasteiger charge is 2.50. The van der Waals surface area contributed by atoms with Gasteiger partial charge in [0.15, 0.2) is 0 Å². The van der Waals surface area contributed by atoms with Gasteiger partial charge >= 0.3 is 0 Å². The molecule has 0 unspecified atom stereocenters. The van der Waals surface area contributed by atoms with Crippen molar-refractivity contribution in [2.45, 2.75) is 84.7 Å². The Labute approximate surface area is 131 Å². The number of rotatable bonds is 5. The molecule has 0 aliphatic heterocycles. The van der Waals surface area contributed by atoms with E-state index in [-0.39, 0.29) is 0 Å². The molecule has 0 spiro atoms. The minimum Gasteiger partial charge on any atom is -0.390 e. The van der Waals surface area contributed by atoms with Crippen molar-refractivity contribution in [3.05, 3.63) is 23.8 Å². The second-order valence-corrected chi connectivity index (χ2v) is 8.37. The molecule has 21 heavy (non-hydrogen) atoms. The van der Waals surface area contributed by atoms with Crippen LogP contribution in [0.1, 0.15) is 79.1 Å². The Morgan fingerprint density at radius 1 is 1.48 bits per heavy atom. The molecule has 0 radical (unpaired) electrons. The molecule has 2 rings (SSSR count). The minimum atomic E-state index is -0.504. The van der Waals surface area contributed by atoms with Crippen molar-refractivity contribution < 1.29 is 5.11 Å². The third kappa shape index (κ3) is 3.80. The molecular formula is C20H34O. The summed E-state index contributed by atoms with van der Waals surface area (Å²) in [6, 6.07) is 0. The van der Waals surface area contributed by atoms with Crippen molar-refractivity contribution in [2.75, 3.05) is 0 Å². The summed E-state index contributed by atoms with van der Waals surface area (Å²) in [6.45, 7) is 12.9.